The third kappa shape index (κ3) is 6.44. The number of aliphatic hydroxyl groups is 15. The second kappa shape index (κ2) is 15.5. The van der Waals surface area contributed by atoms with Gasteiger partial charge < -0.3 is 96.1 Å². The minimum atomic E-state index is -4.12. The van der Waals surface area contributed by atoms with E-state index >= 15 is 4.39 Å². The molecule has 57 heavy (non-hydrogen) atoms. The molecule has 3 saturated heterocycles. The second-order valence-corrected chi connectivity index (χ2v) is 14.4. The van der Waals surface area contributed by atoms with Crippen LogP contribution in [0.5, 0.6) is 0 Å². The number of aliphatic hydroxyl groups excluding tert-OH is 9. The summed E-state index contributed by atoms with van der Waals surface area (Å²) in [7, 11) is 0. The molecule has 23 nitrogen and oxygen atoms in total. The minimum Gasteiger partial charge on any atom is -0.394 e. The van der Waals surface area contributed by atoms with Gasteiger partial charge in [0.2, 0.25) is 40.1 Å². The lowest BCUT2D eigenvalue weighted by Gasteiger charge is -2.54. The molecule has 1 amide bonds. The number of carbonyl (C=O) groups is 4. The number of hydrogen-bond acceptors (Lipinski definition) is 22. The fraction of sp³-hybridized carbons (Fsp3) is 0.697. The first-order valence-electron chi connectivity index (χ1n) is 17.0. The van der Waals surface area contributed by atoms with Crippen molar-refractivity contribution in [3.63, 3.8) is 0 Å². The monoisotopic (exact) mass is 827 g/mol. The number of halogens is 1. The number of Topliss-reactive ketones (excluding diaryl/α,β-unsaturated/α-hetero) is 3. The van der Waals surface area contributed by atoms with Crippen LogP contribution in [-0.2, 0) is 51.4 Å². The highest BCUT2D eigenvalue weighted by Gasteiger charge is 2.72. The summed E-state index contributed by atoms with van der Waals surface area (Å²) in [5.41, 5.74) is -17.6. The van der Waals surface area contributed by atoms with E-state index in [0.29, 0.717) is 27.7 Å². The molecule has 3 fully saturated rings. The molecule has 16 N–H and O–H groups in total. The molecule has 4 rings (SSSR count). The molecule has 0 bridgehead atoms. The van der Waals surface area contributed by atoms with E-state index < -0.39 is 167 Å². The molecule has 3 heterocycles. The molecular formula is C33H46FNO22. The van der Waals surface area contributed by atoms with Crippen LogP contribution in [0.1, 0.15) is 44.4 Å². The molecule has 0 spiro atoms. The SMILES string of the molecule is CC(=O)Nc1c(C[C@@]2(O)O[C@H](CO)[C@@H](O)[C@H](O)[C@]2(O)C(C)=O)c([C@@]2(O)O[C@H](CO)[C@@H](O)[C@H](O)[C@]2(O)C(C)=O)cc(F)c1[C@@]1(O)O[C@H](CO)[C@@H](O)[C@H](O)[C@]1(O)C(C)=O. The van der Waals surface area contributed by atoms with Gasteiger partial charge in [-0.2, -0.15) is 0 Å². The second-order valence-electron chi connectivity index (χ2n) is 14.4. The number of benzene rings is 1. The van der Waals surface area contributed by atoms with Crippen molar-refractivity contribution in [1.82, 2.24) is 0 Å². The van der Waals surface area contributed by atoms with Gasteiger partial charge in [-0.25, -0.2) is 4.39 Å². The number of anilines is 1. The van der Waals surface area contributed by atoms with Crippen molar-refractivity contribution >= 4 is 28.9 Å². The standard InChI is InChI=1S/C33H46FNO22/c1-10(39)29(50)25(46)22(43)17(7-36)55-28(29,49)6-14-15(32(53)30(51,11(2)40)26(47)23(44)18(8-37)56-32)5-16(34)20(21(14)35-13(4)42)33(54)31(52,12(3)41)27(48)24(45)19(9-38)57-33/h5,17-19,22-27,36-38,43-54H,6-9H2,1-4H3,(H,35,42)/t17-,18-,19-,22-,23-,24-,25+,26+,27+,28-,29-,30-,31-,32-,33-/m1/s1. The van der Waals surface area contributed by atoms with Crippen molar-refractivity contribution < 1.29 is 114 Å². The van der Waals surface area contributed by atoms with E-state index in [1.807, 2.05) is 5.32 Å². The molecule has 3 aliphatic heterocycles. The van der Waals surface area contributed by atoms with E-state index in [1.165, 1.54) is 0 Å². The van der Waals surface area contributed by atoms with E-state index in [1.54, 1.807) is 0 Å². The van der Waals surface area contributed by atoms with E-state index in [9.17, 15) is 95.8 Å². The van der Waals surface area contributed by atoms with Crippen molar-refractivity contribution in [3.05, 3.63) is 28.6 Å². The molecule has 0 radical (unpaired) electrons. The molecule has 0 unspecified atom stereocenters. The molecular weight excluding hydrogens is 781 g/mol. The Morgan fingerprint density at radius 1 is 0.632 bits per heavy atom. The Hall–Kier alpha value is -3.09. The number of carbonyl (C=O) groups excluding carboxylic acids is 4. The van der Waals surface area contributed by atoms with Crippen LogP contribution in [0.3, 0.4) is 0 Å². The van der Waals surface area contributed by atoms with Crippen LogP contribution in [0.15, 0.2) is 6.07 Å². The lowest BCUT2D eigenvalue weighted by Crippen LogP contribution is -2.76. The van der Waals surface area contributed by atoms with Crippen molar-refractivity contribution in [1.29, 1.82) is 0 Å². The van der Waals surface area contributed by atoms with Crippen LogP contribution in [-0.4, -0.2) is 197 Å². The van der Waals surface area contributed by atoms with Crippen LogP contribution in [0.25, 0.3) is 0 Å². The van der Waals surface area contributed by atoms with Crippen LogP contribution >= 0.6 is 0 Å². The van der Waals surface area contributed by atoms with Gasteiger partial charge in [0.25, 0.3) is 0 Å². The number of ketones is 3. The fourth-order valence-electron chi connectivity index (χ4n) is 7.72. The average Bonchev–Trinajstić information content (AvgIpc) is 3.13. The molecule has 322 valence electrons. The summed E-state index contributed by atoms with van der Waals surface area (Å²) in [6.45, 7) is -1.77. The molecule has 0 aliphatic carbocycles. The zero-order valence-electron chi connectivity index (χ0n) is 30.5. The predicted octanol–water partition coefficient (Wildman–Crippen LogP) is -8.40. The Kier molecular flexibility index (Phi) is 12.7. The summed E-state index contributed by atoms with van der Waals surface area (Å²) in [5.74, 6) is -20.4. The summed E-state index contributed by atoms with van der Waals surface area (Å²) >= 11 is 0. The topological polar surface area (TPSA) is 411 Å². The molecule has 0 aromatic heterocycles. The number of amides is 1. The third-order valence-electron chi connectivity index (χ3n) is 11.0. The van der Waals surface area contributed by atoms with E-state index in [4.69, 9.17) is 14.2 Å². The first-order chi connectivity index (χ1) is 26.1. The highest BCUT2D eigenvalue weighted by Crippen LogP contribution is 2.54. The maximum absolute atomic E-state index is 17.1. The minimum absolute atomic E-state index is 0.0379. The quantitative estimate of drug-likeness (QED) is 0.0985. The molecule has 24 heteroatoms. The average molecular weight is 828 g/mol. The Morgan fingerprint density at radius 2 is 1.00 bits per heavy atom. The third-order valence-corrected chi connectivity index (χ3v) is 11.0. The van der Waals surface area contributed by atoms with Gasteiger partial charge in [0.15, 0.2) is 17.3 Å². The van der Waals surface area contributed by atoms with E-state index in [-0.39, 0.29) is 6.07 Å². The first-order valence-corrected chi connectivity index (χ1v) is 17.0. The Morgan fingerprint density at radius 3 is 1.39 bits per heavy atom. The summed E-state index contributed by atoms with van der Waals surface area (Å²) in [6, 6.07) is -0.0379. The van der Waals surface area contributed by atoms with Crippen molar-refractivity contribution in [3.8, 4) is 0 Å². The molecule has 15 atom stereocenters. The molecule has 1 aromatic rings. The smallest absolute Gasteiger partial charge is 0.237 e. The Labute approximate surface area is 320 Å². The van der Waals surface area contributed by atoms with Crippen LogP contribution < -0.4 is 5.32 Å². The Bertz CT molecular complexity index is 1780. The number of ether oxygens (including phenoxy) is 3. The van der Waals surface area contributed by atoms with Crippen molar-refractivity contribution in [2.45, 2.75) is 123 Å². The van der Waals surface area contributed by atoms with Gasteiger partial charge in [0.05, 0.1) is 31.1 Å². The van der Waals surface area contributed by atoms with Gasteiger partial charge in [-0.1, -0.05) is 0 Å². The highest BCUT2D eigenvalue weighted by molar-refractivity contribution is 5.94. The number of nitrogens with one attached hydrogen (secondary N) is 1. The fourth-order valence-corrected chi connectivity index (χ4v) is 7.72. The first kappa shape index (κ1) is 46.6. The maximum atomic E-state index is 17.1. The van der Waals surface area contributed by atoms with Crippen molar-refractivity contribution in [2.75, 3.05) is 25.1 Å². The number of hydrogen-bond donors (Lipinski definition) is 16. The van der Waals surface area contributed by atoms with Gasteiger partial charge in [-0.05, 0) is 32.4 Å². The van der Waals surface area contributed by atoms with Crippen LogP contribution in [0.2, 0.25) is 0 Å². The van der Waals surface area contributed by atoms with Gasteiger partial charge in [-0.15, -0.1) is 0 Å². The Balaban J connectivity index is 2.32. The molecule has 1 aromatic carbocycles. The lowest BCUT2D eigenvalue weighted by molar-refractivity contribution is -0.387. The molecule has 3 aliphatic rings. The van der Waals surface area contributed by atoms with Crippen LogP contribution in [0, 0.1) is 5.82 Å². The van der Waals surface area contributed by atoms with Crippen LogP contribution in [0.4, 0.5) is 10.1 Å². The van der Waals surface area contributed by atoms with Gasteiger partial charge in [0.1, 0.15) is 60.8 Å². The number of rotatable bonds is 11. The van der Waals surface area contributed by atoms with Crippen molar-refractivity contribution in [2.24, 2.45) is 0 Å². The maximum Gasteiger partial charge on any atom is 0.237 e. The summed E-state index contributed by atoms with van der Waals surface area (Å²) in [5, 5.41) is 168. The lowest BCUT2D eigenvalue weighted by atomic mass is 9.69. The van der Waals surface area contributed by atoms with Gasteiger partial charge in [0, 0.05) is 18.9 Å². The summed E-state index contributed by atoms with van der Waals surface area (Å²) < 4.78 is 33.1. The van der Waals surface area contributed by atoms with E-state index in [2.05, 4.69) is 0 Å². The normalized spacial score (nSPS) is 43.7. The van der Waals surface area contributed by atoms with E-state index in [0.717, 1.165) is 0 Å². The summed E-state index contributed by atoms with van der Waals surface area (Å²) in [6.07, 6.45) is -24.2. The van der Waals surface area contributed by atoms with Gasteiger partial charge in [-0.3, -0.25) is 19.2 Å². The predicted molar refractivity (Wildman–Crippen MR) is 176 cm³/mol. The zero-order valence-corrected chi connectivity index (χ0v) is 30.5. The zero-order chi connectivity index (χ0) is 43.8. The highest BCUT2D eigenvalue weighted by atomic mass is 19.1. The largest absolute Gasteiger partial charge is 0.394 e. The summed E-state index contributed by atoms with van der Waals surface area (Å²) in [4.78, 5) is 52.2. The van der Waals surface area contributed by atoms with Gasteiger partial charge >= 0.3 is 0 Å². The molecule has 0 saturated carbocycles.